The van der Waals surface area contributed by atoms with Crippen molar-refractivity contribution < 1.29 is 27.8 Å². The van der Waals surface area contributed by atoms with Crippen molar-refractivity contribution in [2.24, 2.45) is 0 Å². The quantitative estimate of drug-likeness (QED) is 0.445. The molecular formula is C20H19F3N4O3S. The highest BCUT2D eigenvalue weighted by molar-refractivity contribution is 7.98. The largest absolute Gasteiger partial charge is 0.491 e. The molecule has 0 unspecified atom stereocenters. The number of hydrogen-bond acceptors (Lipinski definition) is 7. The number of ether oxygens (including phenoxy) is 1. The first-order valence-electron chi connectivity index (χ1n) is 9.04. The number of anilines is 2. The fraction of sp³-hybridized carbons (Fsp3) is 0.250. The molecule has 31 heavy (non-hydrogen) atoms. The number of aromatic nitrogens is 2. The van der Waals surface area contributed by atoms with E-state index in [2.05, 4.69) is 33.3 Å². The Hall–Kier alpha value is -3.21. The minimum atomic E-state index is -5.08. The summed E-state index contributed by atoms with van der Waals surface area (Å²) in [5.41, 5.74) is 8.73. The number of nitrogen functional groups attached to an aromatic ring is 1. The van der Waals surface area contributed by atoms with Gasteiger partial charge in [-0.05, 0) is 42.7 Å². The molecule has 1 aromatic heterocycles. The molecule has 164 valence electrons. The van der Waals surface area contributed by atoms with Crippen molar-refractivity contribution in [1.82, 2.24) is 9.97 Å². The number of benzene rings is 2. The molecule has 0 amide bonds. The molecule has 0 aliphatic carbocycles. The van der Waals surface area contributed by atoms with Gasteiger partial charge in [0, 0.05) is 28.1 Å². The van der Waals surface area contributed by atoms with Crippen LogP contribution in [0, 0.1) is 0 Å². The van der Waals surface area contributed by atoms with Crippen molar-refractivity contribution in [2.75, 3.05) is 30.0 Å². The van der Waals surface area contributed by atoms with Crippen LogP contribution in [0.25, 0.3) is 10.9 Å². The Bertz CT molecular complexity index is 1090. The van der Waals surface area contributed by atoms with E-state index in [9.17, 15) is 13.2 Å². The summed E-state index contributed by atoms with van der Waals surface area (Å²) in [5, 5.41) is 8.19. The average Bonchev–Trinajstić information content (AvgIpc) is 2.94. The number of carboxylic acid groups (broad SMARTS) is 1. The zero-order valence-corrected chi connectivity index (χ0v) is 17.2. The van der Waals surface area contributed by atoms with E-state index in [1.54, 1.807) is 18.1 Å². The van der Waals surface area contributed by atoms with E-state index in [-0.39, 0.29) is 0 Å². The van der Waals surface area contributed by atoms with Crippen molar-refractivity contribution >= 4 is 40.1 Å². The molecule has 7 nitrogen and oxygen atoms in total. The Morgan fingerprint density at radius 2 is 1.97 bits per heavy atom. The maximum Gasteiger partial charge on any atom is 0.490 e. The Labute approximate surface area is 180 Å². The molecule has 3 aromatic rings. The third kappa shape index (κ3) is 5.48. The van der Waals surface area contributed by atoms with Crippen molar-refractivity contribution in [3.63, 3.8) is 0 Å². The van der Waals surface area contributed by atoms with Gasteiger partial charge in [-0.1, -0.05) is 0 Å². The number of carboxylic acids is 1. The highest BCUT2D eigenvalue weighted by Crippen LogP contribution is 2.31. The van der Waals surface area contributed by atoms with Crippen molar-refractivity contribution in [3.8, 4) is 5.75 Å². The van der Waals surface area contributed by atoms with Crippen molar-refractivity contribution in [1.29, 1.82) is 0 Å². The number of fused-ring (bicyclic) bond motifs is 2. The minimum absolute atomic E-state index is 0.616. The summed E-state index contributed by atoms with van der Waals surface area (Å²) in [6.45, 7) is 2.10. The second-order valence-corrected chi connectivity index (χ2v) is 7.40. The van der Waals surface area contributed by atoms with Crippen LogP contribution < -0.4 is 15.4 Å². The number of halogens is 3. The van der Waals surface area contributed by atoms with Crippen molar-refractivity contribution in [3.05, 3.63) is 48.3 Å². The highest BCUT2D eigenvalue weighted by atomic mass is 32.2. The first-order chi connectivity index (χ1) is 14.7. The summed E-state index contributed by atoms with van der Waals surface area (Å²) < 4.78 is 37.6. The van der Waals surface area contributed by atoms with Gasteiger partial charge in [0.05, 0.1) is 12.1 Å². The number of hydrogen-bond donors (Lipinski definition) is 2. The van der Waals surface area contributed by atoms with Crippen molar-refractivity contribution in [2.45, 2.75) is 17.6 Å². The lowest BCUT2D eigenvalue weighted by Crippen LogP contribution is -2.26. The number of aliphatic carboxylic acids is 1. The first-order valence-corrected chi connectivity index (χ1v) is 10.3. The molecule has 4 rings (SSSR count). The molecule has 0 radical (unpaired) electrons. The van der Waals surface area contributed by atoms with E-state index in [0.717, 1.165) is 46.8 Å². The number of nitrogens with zero attached hydrogens (tertiary/aromatic N) is 3. The van der Waals surface area contributed by atoms with E-state index in [4.69, 9.17) is 20.4 Å². The summed E-state index contributed by atoms with van der Waals surface area (Å²) in [6.07, 6.45) is -1.38. The third-order valence-electron chi connectivity index (χ3n) is 4.43. The third-order valence-corrected chi connectivity index (χ3v) is 5.15. The van der Waals surface area contributed by atoms with E-state index in [1.807, 2.05) is 24.3 Å². The normalized spacial score (nSPS) is 13.5. The predicted octanol–water partition coefficient (Wildman–Crippen LogP) is 3.97. The molecule has 0 saturated carbocycles. The smallest absolute Gasteiger partial charge is 0.490 e. The maximum absolute atomic E-state index is 10.6. The average molecular weight is 452 g/mol. The van der Waals surface area contributed by atoms with Gasteiger partial charge in [-0.25, -0.2) is 14.8 Å². The van der Waals surface area contributed by atoms with E-state index >= 15 is 0 Å². The van der Waals surface area contributed by atoms with Gasteiger partial charge in [-0.2, -0.15) is 13.2 Å². The second kappa shape index (κ2) is 9.29. The maximum atomic E-state index is 10.6. The number of rotatable bonds is 2. The topological polar surface area (TPSA) is 102 Å². The van der Waals surface area contributed by atoms with Gasteiger partial charge in [0.1, 0.15) is 24.5 Å². The van der Waals surface area contributed by atoms with E-state index in [1.165, 1.54) is 4.90 Å². The molecule has 0 atom stereocenters. The van der Waals surface area contributed by atoms with Gasteiger partial charge in [0.15, 0.2) is 0 Å². The standard InChI is InChI=1S/C18H18N4OS.C2HF3O2/c1-24-14-3-4-16-15(9-14)18(21-11-20-16)22-6-7-23-17-5-2-13(19)8-12(17)10-22;3-2(4,5)1(6)7/h2-5,8-9,11H,6-7,10,19H2,1H3;(H,6,7). The van der Waals surface area contributed by atoms with Crippen LogP contribution in [-0.4, -0.2) is 46.6 Å². The molecule has 0 spiro atoms. The lowest BCUT2D eigenvalue weighted by atomic mass is 10.1. The van der Waals surface area contributed by atoms with Gasteiger partial charge in [0.25, 0.3) is 0 Å². The molecule has 3 N–H and O–H groups in total. The zero-order valence-electron chi connectivity index (χ0n) is 16.4. The van der Waals surface area contributed by atoms with Crippen LogP contribution in [0.4, 0.5) is 24.7 Å². The molecule has 0 saturated heterocycles. The molecule has 0 fully saturated rings. The Kier molecular flexibility index (Phi) is 6.74. The minimum Gasteiger partial charge on any atom is -0.491 e. The Morgan fingerprint density at radius 3 is 2.65 bits per heavy atom. The van der Waals surface area contributed by atoms with Crippen LogP contribution in [0.1, 0.15) is 5.56 Å². The van der Waals surface area contributed by atoms with Gasteiger partial charge in [0.2, 0.25) is 0 Å². The number of thioether (sulfide) groups is 1. The zero-order chi connectivity index (χ0) is 22.6. The van der Waals surface area contributed by atoms with Crippen LogP contribution in [0.5, 0.6) is 5.75 Å². The molecule has 11 heteroatoms. The summed E-state index contributed by atoms with van der Waals surface area (Å²) in [7, 11) is 0. The summed E-state index contributed by atoms with van der Waals surface area (Å²) >= 11 is 1.72. The summed E-state index contributed by atoms with van der Waals surface area (Å²) in [6, 6.07) is 12.1. The molecular weight excluding hydrogens is 433 g/mol. The van der Waals surface area contributed by atoms with Crippen LogP contribution >= 0.6 is 11.8 Å². The summed E-state index contributed by atoms with van der Waals surface area (Å²) in [5.74, 6) is -0.919. The molecule has 1 aliphatic heterocycles. The fourth-order valence-electron chi connectivity index (χ4n) is 3.00. The fourth-order valence-corrected chi connectivity index (χ4v) is 3.44. The molecule has 0 bridgehead atoms. The second-order valence-electron chi connectivity index (χ2n) is 6.52. The Morgan fingerprint density at radius 1 is 1.23 bits per heavy atom. The molecule has 2 aromatic carbocycles. The summed E-state index contributed by atoms with van der Waals surface area (Å²) in [4.78, 5) is 21.3. The first kappa shape index (κ1) is 22.5. The van der Waals surface area contributed by atoms with Gasteiger partial charge in [-0.15, -0.1) is 11.8 Å². The number of nitrogens with two attached hydrogens (primary N) is 1. The van der Waals surface area contributed by atoms with Crippen LogP contribution in [0.15, 0.2) is 47.6 Å². The molecule has 1 aliphatic rings. The molecule has 2 heterocycles. The van der Waals surface area contributed by atoms with Gasteiger partial charge in [-0.3, -0.25) is 0 Å². The monoisotopic (exact) mass is 452 g/mol. The van der Waals surface area contributed by atoms with E-state index < -0.39 is 12.1 Å². The highest BCUT2D eigenvalue weighted by Gasteiger charge is 2.38. The van der Waals surface area contributed by atoms with Crippen LogP contribution in [-0.2, 0) is 11.3 Å². The van der Waals surface area contributed by atoms with Crippen LogP contribution in [0.3, 0.4) is 0 Å². The number of alkyl halides is 3. The van der Waals surface area contributed by atoms with Gasteiger partial charge < -0.3 is 20.5 Å². The lowest BCUT2D eigenvalue weighted by Gasteiger charge is -2.22. The van der Waals surface area contributed by atoms with Crippen LogP contribution in [0.2, 0.25) is 0 Å². The predicted molar refractivity (Wildman–Crippen MR) is 112 cm³/mol. The van der Waals surface area contributed by atoms with E-state index in [0.29, 0.717) is 6.61 Å². The lowest BCUT2D eigenvalue weighted by molar-refractivity contribution is -0.192. The van der Waals surface area contributed by atoms with Gasteiger partial charge >= 0.3 is 12.1 Å². The Balaban J connectivity index is 0.000000339. The SMILES string of the molecule is CSc1ccc2ncnc(N3CCOc4ccc(N)cc4C3)c2c1.O=C(O)C(F)(F)F. The number of carbonyl (C=O) groups is 1.